The summed E-state index contributed by atoms with van der Waals surface area (Å²) < 4.78 is 39.9. The first-order chi connectivity index (χ1) is 8.39. The average molecular weight is 273 g/mol. The van der Waals surface area contributed by atoms with E-state index in [1.54, 1.807) is 0 Å². The van der Waals surface area contributed by atoms with Crippen LogP contribution in [-0.2, 0) is 10.0 Å². The van der Waals surface area contributed by atoms with E-state index >= 15 is 0 Å². The highest BCUT2D eigenvalue weighted by molar-refractivity contribution is 7.89. The number of nitrogens with one attached hydrogen (secondary N) is 1. The van der Waals surface area contributed by atoms with Gasteiger partial charge in [0.1, 0.15) is 5.82 Å². The lowest BCUT2D eigenvalue weighted by Crippen LogP contribution is -2.46. The quantitative estimate of drug-likeness (QED) is 0.865. The van der Waals surface area contributed by atoms with Crippen molar-refractivity contribution in [1.29, 1.82) is 0 Å². The van der Waals surface area contributed by atoms with Gasteiger partial charge < -0.3 is 0 Å². The SMILES string of the molecule is CCC(CC)(CC)NS(=O)(=O)c1ccc(F)cc1. The van der Waals surface area contributed by atoms with Gasteiger partial charge in [0, 0.05) is 5.54 Å². The molecule has 0 amide bonds. The molecule has 3 nitrogen and oxygen atoms in total. The van der Waals surface area contributed by atoms with Gasteiger partial charge in [-0.3, -0.25) is 0 Å². The van der Waals surface area contributed by atoms with Crippen molar-refractivity contribution in [3.05, 3.63) is 30.1 Å². The molecule has 0 heterocycles. The molecule has 1 rings (SSSR count). The number of rotatable bonds is 6. The molecular formula is C13H20FNO2S. The van der Waals surface area contributed by atoms with Crippen molar-refractivity contribution in [2.24, 2.45) is 0 Å². The molecule has 0 aliphatic rings. The molecule has 0 spiro atoms. The van der Waals surface area contributed by atoms with E-state index in [9.17, 15) is 12.8 Å². The summed E-state index contributed by atoms with van der Waals surface area (Å²) in [6.45, 7) is 5.88. The van der Waals surface area contributed by atoms with E-state index in [0.717, 1.165) is 31.4 Å². The largest absolute Gasteiger partial charge is 0.241 e. The summed E-state index contributed by atoms with van der Waals surface area (Å²) in [6.07, 6.45) is 2.17. The predicted octanol–water partition coefficient (Wildman–Crippen LogP) is 3.07. The fourth-order valence-electron chi connectivity index (χ4n) is 1.92. The van der Waals surface area contributed by atoms with E-state index in [-0.39, 0.29) is 4.90 Å². The third-order valence-corrected chi connectivity index (χ3v) is 5.10. The second-order valence-electron chi connectivity index (χ2n) is 4.40. The van der Waals surface area contributed by atoms with Gasteiger partial charge in [0.05, 0.1) is 4.90 Å². The van der Waals surface area contributed by atoms with Crippen molar-refractivity contribution in [2.45, 2.75) is 50.5 Å². The third kappa shape index (κ3) is 3.29. The van der Waals surface area contributed by atoms with Crippen molar-refractivity contribution in [1.82, 2.24) is 4.72 Å². The van der Waals surface area contributed by atoms with Gasteiger partial charge in [0.2, 0.25) is 10.0 Å². The number of halogens is 1. The Balaban J connectivity index is 3.04. The van der Waals surface area contributed by atoms with Crippen LogP contribution in [0, 0.1) is 5.82 Å². The summed E-state index contributed by atoms with van der Waals surface area (Å²) in [5.74, 6) is -0.443. The Morgan fingerprint density at radius 3 is 1.89 bits per heavy atom. The zero-order valence-corrected chi connectivity index (χ0v) is 11.8. The van der Waals surface area contributed by atoms with Crippen LogP contribution >= 0.6 is 0 Å². The molecule has 0 unspecified atom stereocenters. The van der Waals surface area contributed by atoms with E-state index in [1.807, 2.05) is 20.8 Å². The Bertz CT molecular complexity index is 470. The first-order valence-electron chi connectivity index (χ1n) is 6.18. The molecular weight excluding hydrogens is 253 g/mol. The molecule has 0 saturated heterocycles. The smallest absolute Gasteiger partial charge is 0.207 e. The van der Waals surface area contributed by atoms with Gasteiger partial charge in [0.25, 0.3) is 0 Å². The van der Waals surface area contributed by atoms with Crippen LogP contribution in [0.3, 0.4) is 0 Å². The van der Waals surface area contributed by atoms with Crippen molar-refractivity contribution in [3.8, 4) is 0 Å². The Kier molecular flexibility index (Phi) is 4.87. The molecule has 5 heteroatoms. The summed E-state index contributed by atoms with van der Waals surface area (Å²) in [4.78, 5) is 0.101. The maximum Gasteiger partial charge on any atom is 0.241 e. The topological polar surface area (TPSA) is 46.2 Å². The van der Waals surface area contributed by atoms with Crippen LogP contribution in [0.2, 0.25) is 0 Å². The molecule has 1 aromatic rings. The zero-order valence-electron chi connectivity index (χ0n) is 11.0. The fraction of sp³-hybridized carbons (Fsp3) is 0.538. The summed E-state index contributed by atoms with van der Waals surface area (Å²) in [6, 6.07) is 4.87. The highest BCUT2D eigenvalue weighted by Crippen LogP contribution is 2.23. The minimum absolute atomic E-state index is 0.101. The Hall–Kier alpha value is -0.940. The summed E-state index contributed by atoms with van der Waals surface area (Å²) in [5.41, 5.74) is -0.423. The molecule has 0 atom stereocenters. The summed E-state index contributed by atoms with van der Waals surface area (Å²) >= 11 is 0. The van der Waals surface area contributed by atoms with Crippen molar-refractivity contribution in [3.63, 3.8) is 0 Å². The molecule has 18 heavy (non-hydrogen) atoms. The van der Waals surface area contributed by atoms with E-state index < -0.39 is 21.4 Å². The standard InChI is InChI=1S/C13H20FNO2S/c1-4-13(5-2,6-3)15-18(16,17)12-9-7-11(14)8-10-12/h7-10,15H,4-6H2,1-3H3. The van der Waals surface area contributed by atoms with E-state index in [4.69, 9.17) is 0 Å². The molecule has 0 aliphatic carbocycles. The predicted molar refractivity (Wildman–Crippen MR) is 70.3 cm³/mol. The molecule has 0 saturated carbocycles. The lowest BCUT2D eigenvalue weighted by atomic mass is 9.91. The van der Waals surface area contributed by atoms with Gasteiger partial charge in [-0.05, 0) is 43.5 Å². The van der Waals surface area contributed by atoms with Crippen LogP contribution in [0.15, 0.2) is 29.2 Å². The van der Waals surface area contributed by atoms with E-state index in [1.165, 1.54) is 12.1 Å². The number of hydrogen-bond acceptors (Lipinski definition) is 2. The molecule has 0 aliphatic heterocycles. The van der Waals surface area contributed by atoms with Crippen LogP contribution < -0.4 is 4.72 Å². The molecule has 102 valence electrons. The van der Waals surface area contributed by atoms with Gasteiger partial charge in [-0.25, -0.2) is 17.5 Å². The van der Waals surface area contributed by atoms with Crippen LogP contribution in [0.1, 0.15) is 40.0 Å². The molecule has 1 aromatic carbocycles. The first kappa shape index (κ1) is 15.1. The molecule has 0 fully saturated rings. The maximum atomic E-state index is 12.8. The minimum Gasteiger partial charge on any atom is -0.207 e. The normalized spacial score (nSPS) is 12.7. The molecule has 0 bridgehead atoms. The van der Waals surface area contributed by atoms with Gasteiger partial charge in [-0.1, -0.05) is 20.8 Å². The van der Waals surface area contributed by atoms with Crippen molar-refractivity contribution in [2.75, 3.05) is 0 Å². The lowest BCUT2D eigenvalue weighted by Gasteiger charge is -2.31. The lowest BCUT2D eigenvalue weighted by molar-refractivity contribution is 0.341. The molecule has 1 N–H and O–H groups in total. The minimum atomic E-state index is -3.59. The maximum absolute atomic E-state index is 12.8. The zero-order chi connectivity index (χ0) is 13.8. The van der Waals surface area contributed by atoms with Crippen molar-refractivity contribution < 1.29 is 12.8 Å². The number of benzene rings is 1. The monoisotopic (exact) mass is 273 g/mol. The van der Waals surface area contributed by atoms with Crippen LogP contribution in [0.4, 0.5) is 4.39 Å². The average Bonchev–Trinajstić information content (AvgIpc) is 2.37. The van der Waals surface area contributed by atoms with Gasteiger partial charge in [-0.2, -0.15) is 0 Å². The highest BCUT2D eigenvalue weighted by atomic mass is 32.2. The van der Waals surface area contributed by atoms with Crippen LogP contribution in [-0.4, -0.2) is 14.0 Å². The number of sulfonamides is 1. The number of hydrogen-bond donors (Lipinski definition) is 1. The van der Waals surface area contributed by atoms with Gasteiger partial charge in [-0.15, -0.1) is 0 Å². The van der Waals surface area contributed by atoms with Crippen LogP contribution in [0.25, 0.3) is 0 Å². The van der Waals surface area contributed by atoms with E-state index in [2.05, 4.69) is 4.72 Å². The van der Waals surface area contributed by atoms with Crippen molar-refractivity contribution >= 4 is 10.0 Å². The highest BCUT2D eigenvalue weighted by Gasteiger charge is 2.30. The summed E-state index contributed by atoms with van der Waals surface area (Å²) in [7, 11) is -3.59. The van der Waals surface area contributed by atoms with E-state index in [0.29, 0.717) is 0 Å². The molecule has 0 radical (unpaired) electrons. The van der Waals surface area contributed by atoms with Gasteiger partial charge >= 0.3 is 0 Å². The Morgan fingerprint density at radius 2 is 1.50 bits per heavy atom. The summed E-state index contributed by atoms with van der Waals surface area (Å²) in [5, 5.41) is 0. The van der Waals surface area contributed by atoms with Crippen LogP contribution in [0.5, 0.6) is 0 Å². The first-order valence-corrected chi connectivity index (χ1v) is 7.67. The molecule has 0 aromatic heterocycles. The Labute approximate surface area is 108 Å². The second kappa shape index (κ2) is 5.80. The Morgan fingerprint density at radius 1 is 1.06 bits per heavy atom. The fourth-order valence-corrected chi connectivity index (χ4v) is 3.54. The third-order valence-electron chi connectivity index (χ3n) is 3.51. The van der Waals surface area contributed by atoms with Gasteiger partial charge in [0.15, 0.2) is 0 Å². The second-order valence-corrected chi connectivity index (χ2v) is 6.08.